The Hall–Kier alpha value is -1.16. The van der Waals surface area contributed by atoms with Crippen molar-refractivity contribution in [2.45, 2.75) is 38.6 Å². The molecule has 1 fully saturated rings. The highest BCUT2D eigenvalue weighted by Gasteiger charge is 2.25. The fourth-order valence-corrected chi connectivity index (χ4v) is 2.66. The van der Waals surface area contributed by atoms with Gasteiger partial charge in [0.1, 0.15) is 5.82 Å². The molecule has 4 nitrogen and oxygen atoms in total. The van der Waals surface area contributed by atoms with Crippen LogP contribution in [0.5, 0.6) is 0 Å². The number of aromatic nitrogens is 2. The van der Waals surface area contributed by atoms with Crippen LogP contribution in [0.3, 0.4) is 0 Å². The second-order valence-corrected chi connectivity index (χ2v) is 5.56. The normalized spacial score (nSPS) is 18.3. The van der Waals surface area contributed by atoms with Gasteiger partial charge in [-0.05, 0) is 39.8 Å². The molecule has 0 atom stereocenters. The minimum atomic E-state index is 0.561. The summed E-state index contributed by atoms with van der Waals surface area (Å²) >= 11 is 0. The molecule has 18 heavy (non-hydrogen) atoms. The third-order valence-corrected chi connectivity index (χ3v) is 3.78. The second-order valence-electron chi connectivity index (χ2n) is 5.56. The zero-order valence-electron chi connectivity index (χ0n) is 11.9. The Morgan fingerprint density at radius 2 is 1.78 bits per heavy atom. The Bertz CT molecular complexity index is 381. The summed E-state index contributed by atoms with van der Waals surface area (Å²) in [6, 6.07) is 0.654. The number of anilines is 1. The Labute approximate surface area is 110 Å². The summed E-state index contributed by atoms with van der Waals surface area (Å²) in [5.74, 6) is 1.59. The predicted molar refractivity (Wildman–Crippen MR) is 75.0 cm³/mol. The van der Waals surface area contributed by atoms with E-state index in [1.807, 2.05) is 20.3 Å². The van der Waals surface area contributed by atoms with Gasteiger partial charge in [-0.25, -0.2) is 4.98 Å². The van der Waals surface area contributed by atoms with E-state index >= 15 is 0 Å². The fraction of sp³-hybridized carbons (Fsp3) is 0.714. The third kappa shape index (κ3) is 2.80. The van der Waals surface area contributed by atoms with E-state index in [-0.39, 0.29) is 0 Å². The van der Waals surface area contributed by atoms with E-state index in [1.165, 1.54) is 31.6 Å². The minimum Gasteiger partial charge on any atom is -0.361 e. The van der Waals surface area contributed by atoms with Gasteiger partial charge in [-0.3, -0.25) is 4.98 Å². The summed E-state index contributed by atoms with van der Waals surface area (Å²) in [5.41, 5.74) is 1.17. The second kappa shape index (κ2) is 5.65. The highest BCUT2D eigenvalue weighted by molar-refractivity contribution is 5.43. The first kappa shape index (κ1) is 13.3. The molecular formula is C14H24N4. The molecule has 1 aliphatic heterocycles. The topological polar surface area (TPSA) is 32.3 Å². The van der Waals surface area contributed by atoms with Gasteiger partial charge < -0.3 is 9.80 Å². The summed E-state index contributed by atoms with van der Waals surface area (Å²) in [4.78, 5) is 13.6. The molecule has 0 radical (unpaired) electrons. The molecule has 0 aromatic carbocycles. The minimum absolute atomic E-state index is 0.561. The average molecular weight is 248 g/mol. The first-order chi connectivity index (χ1) is 8.59. The lowest BCUT2D eigenvalue weighted by atomic mass is 9.92. The number of piperidine rings is 1. The predicted octanol–water partition coefficient (Wildman–Crippen LogP) is 2.13. The highest BCUT2D eigenvalue weighted by Crippen LogP contribution is 2.31. The van der Waals surface area contributed by atoms with Gasteiger partial charge in [0.25, 0.3) is 0 Å². The molecule has 1 aromatic rings. The Morgan fingerprint density at radius 1 is 1.17 bits per heavy atom. The van der Waals surface area contributed by atoms with Crippen molar-refractivity contribution >= 4 is 5.82 Å². The number of hydrogen-bond donors (Lipinski definition) is 0. The SMILES string of the molecule is CC(C)N1CCC(c2nccnc2N(C)C)CC1. The molecule has 0 amide bonds. The van der Waals surface area contributed by atoms with E-state index in [1.54, 1.807) is 6.20 Å². The van der Waals surface area contributed by atoms with Crippen molar-refractivity contribution in [1.29, 1.82) is 0 Å². The van der Waals surface area contributed by atoms with Crippen LogP contribution in [0.25, 0.3) is 0 Å². The van der Waals surface area contributed by atoms with Crippen LogP contribution in [-0.4, -0.2) is 48.1 Å². The van der Waals surface area contributed by atoms with Crippen molar-refractivity contribution in [1.82, 2.24) is 14.9 Å². The van der Waals surface area contributed by atoms with E-state index in [2.05, 4.69) is 33.6 Å². The van der Waals surface area contributed by atoms with Gasteiger partial charge in [0.15, 0.2) is 0 Å². The van der Waals surface area contributed by atoms with Crippen molar-refractivity contribution in [3.8, 4) is 0 Å². The molecule has 0 N–H and O–H groups in total. The lowest BCUT2D eigenvalue weighted by Gasteiger charge is -2.35. The van der Waals surface area contributed by atoms with Gasteiger partial charge in [0.2, 0.25) is 0 Å². The maximum Gasteiger partial charge on any atom is 0.150 e. The van der Waals surface area contributed by atoms with Gasteiger partial charge in [0, 0.05) is 38.4 Å². The van der Waals surface area contributed by atoms with E-state index in [9.17, 15) is 0 Å². The Kier molecular flexibility index (Phi) is 4.17. The zero-order valence-corrected chi connectivity index (χ0v) is 11.9. The highest BCUT2D eigenvalue weighted by atomic mass is 15.2. The van der Waals surface area contributed by atoms with Gasteiger partial charge in [-0.1, -0.05) is 0 Å². The number of likely N-dealkylation sites (tertiary alicyclic amines) is 1. The van der Waals surface area contributed by atoms with Gasteiger partial charge in [-0.2, -0.15) is 0 Å². The van der Waals surface area contributed by atoms with Crippen LogP contribution in [0.1, 0.15) is 38.3 Å². The van der Waals surface area contributed by atoms with Crippen LogP contribution < -0.4 is 4.90 Å². The standard InChI is InChI=1S/C14H24N4/c1-11(2)18-9-5-12(6-10-18)13-14(17(3)4)16-8-7-15-13/h7-8,11-12H,5-6,9-10H2,1-4H3. The van der Waals surface area contributed by atoms with Crippen LogP contribution in [0.2, 0.25) is 0 Å². The summed E-state index contributed by atoms with van der Waals surface area (Å²) < 4.78 is 0. The molecule has 1 saturated heterocycles. The molecule has 1 aliphatic rings. The van der Waals surface area contributed by atoms with Crippen molar-refractivity contribution in [3.05, 3.63) is 18.1 Å². The molecule has 2 heterocycles. The fourth-order valence-electron chi connectivity index (χ4n) is 2.66. The zero-order chi connectivity index (χ0) is 13.1. The summed E-state index contributed by atoms with van der Waals surface area (Å²) in [5, 5.41) is 0. The van der Waals surface area contributed by atoms with E-state index in [0.717, 1.165) is 5.82 Å². The molecule has 2 rings (SSSR count). The maximum atomic E-state index is 4.57. The first-order valence-electron chi connectivity index (χ1n) is 6.82. The lowest BCUT2D eigenvalue weighted by Crippen LogP contribution is -2.38. The third-order valence-electron chi connectivity index (χ3n) is 3.78. The Morgan fingerprint density at radius 3 is 2.33 bits per heavy atom. The van der Waals surface area contributed by atoms with Crippen LogP contribution in [-0.2, 0) is 0 Å². The van der Waals surface area contributed by atoms with Crippen molar-refractivity contribution < 1.29 is 0 Å². The van der Waals surface area contributed by atoms with Crippen LogP contribution >= 0.6 is 0 Å². The van der Waals surface area contributed by atoms with Crippen molar-refractivity contribution in [3.63, 3.8) is 0 Å². The summed E-state index contributed by atoms with van der Waals surface area (Å²) in [6.07, 6.45) is 5.98. The smallest absolute Gasteiger partial charge is 0.150 e. The summed E-state index contributed by atoms with van der Waals surface area (Å²) in [7, 11) is 4.08. The van der Waals surface area contributed by atoms with E-state index in [0.29, 0.717) is 12.0 Å². The van der Waals surface area contributed by atoms with E-state index < -0.39 is 0 Å². The average Bonchev–Trinajstić information content (AvgIpc) is 2.39. The first-order valence-corrected chi connectivity index (χ1v) is 6.82. The summed E-state index contributed by atoms with van der Waals surface area (Å²) in [6.45, 7) is 6.89. The Balaban J connectivity index is 2.10. The van der Waals surface area contributed by atoms with Gasteiger partial charge in [-0.15, -0.1) is 0 Å². The number of hydrogen-bond acceptors (Lipinski definition) is 4. The van der Waals surface area contributed by atoms with Crippen LogP contribution in [0.4, 0.5) is 5.82 Å². The lowest BCUT2D eigenvalue weighted by molar-refractivity contribution is 0.171. The molecule has 0 unspecified atom stereocenters. The number of rotatable bonds is 3. The molecule has 0 spiro atoms. The van der Waals surface area contributed by atoms with E-state index in [4.69, 9.17) is 0 Å². The van der Waals surface area contributed by atoms with Crippen molar-refractivity contribution in [2.24, 2.45) is 0 Å². The largest absolute Gasteiger partial charge is 0.361 e. The van der Waals surface area contributed by atoms with Crippen molar-refractivity contribution in [2.75, 3.05) is 32.1 Å². The molecule has 0 bridgehead atoms. The van der Waals surface area contributed by atoms with Crippen LogP contribution in [0, 0.1) is 0 Å². The molecular weight excluding hydrogens is 224 g/mol. The molecule has 1 aromatic heterocycles. The molecule has 100 valence electrons. The van der Waals surface area contributed by atoms with Gasteiger partial charge in [0.05, 0.1) is 5.69 Å². The van der Waals surface area contributed by atoms with Gasteiger partial charge >= 0.3 is 0 Å². The maximum absolute atomic E-state index is 4.57. The quantitative estimate of drug-likeness (QED) is 0.820. The molecule has 4 heteroatoms. The monoisotopic (exact) mass is 248 g/mol. The van der Waals surface area contributed by atoms with Crippen LogP contribution in [0.15, 0.2) is 12.4 Å². The molecule has 0 saturated carbocycles. The number of nitrogens with zero attached hydrogens (tertiary/aromatic N) is 4. The molecule has 0 aliphatic carbocycles.